The van der Waals surface area contributed by atoms with Crippen molar-refractivity contribution in [3.8, 4) is 11.3 Å². The maximum atomic E-state index is 4.90. The fraction of sp³-hybridized carbons (Fsp3) is 0.391. The summed E-state index contributed by atoms with van der Waals surface area (Å²) < 4.78 is 0. The molecule has 4 heteroatoms. The van der Waals surface area contributed by atoms with Crippen molar-refractivity contribution in [1.82, 2.24) is 14.9 Å². The van der Waals surface area contributed by atoms with Gasteiger partial charge in [-0.2, -0.15) is 0 Å². The van der Waals surface area contributed by atoms with E-state index < -0.39 is 0 Å². The second kappa shape index (κ2) is 7.28. The van der Waals surface area contributed by atoms with E-state index in [1.165, 1.54) is 49.7 Å². The van der Waals surface area contributed by atoms with Gasteiger partial charge in [0, 0.05) is 31.4 Å². The summed E-state index contributed by atoms with van der Waals surface area (Å²) in [5, 5.41) is 2.52. The van der Waals surface area contributed by atoms with E-state index in [0.717, 1.165) is 36.2 Å². The Morgan fingerprint density at radius 3 is 2.67 bits per heavy atom. The van der Waals surface area contributed by atoms with Crippen LogP contribution in [0.3, 0.4) is 0 Å². The summed E-state index contributed by atoms with van der Waals surface area (Å²) in [6, 6.07) is 17.1. The Morgan fingerprint density at radius 1 is 0.926 bits per heavy atom. The van der Waals surface area contributed by atoms with Gasteiger partial charge >= 0.3 is 0 Å². The molecule has 2 saturated heterocycles. The molecule has 3 aromatic rings. The number of fused-ring (bicyclic) bond motifs is 1. The van der Waals surface area contributed by atoms with Gasteiger partial charge in [0.2, 0.25) is 5.95 Å². The van der Waals surface area contributed by atoms with E-state index in [2.05, 4.69) is 57.2 Å². The zero-order valence-electron chi connectivity index (χ0n) is 15.7. The third kappa shape index (κ3) is 3.54. The van der Waals surface area contributed by atoms with Crippen LogP contribution in [0.15, 0.2) is 54.7 Å². The molecule has 1 aromatic heterocycles. The van der Waals surface area contributed by atoms with Crippen LogP contribution in [0.1, 0.15) is 19.3 Å². The predicted molar refractivity (Wildman–Crippen MR) is 111 cm³/mol. The van der Waals surface area contributed by atoms with Crippen LogP contribution >= 0.6 is 0 Å². The number of hydrogen-bond donors (Lipinski definition) is 0. The van der Waals surface area contributed by atoms with E-state index in [1.807, 2.05) is 12.3 Å². The third-order valence-electron chi connectivity index (χ3n) is 5.97. The molecule has 5 rings (SSSR count). The van der Waals surface area contributed by atoms with Gasteiger partial charge in [-0.1, -0.05) is 36.4 Å². The van der Waals surface area contributed by atoms with Crippen molar-refractivity contribution >= 4 is 16.7 Å². The highest BCUT2D eigenvalue weighted by molar-refractivity contribution is 5.86. The van der Waals surface area contributed by atoms with Crippen molar-refractivity contribution in [2.75, 3.05) is 37.6 Å². The molecule has 138 valence electrons. The van der Waals surface area contributed by atoms with Gasteiger partial charge in [-0.25, -0.2) is 9.97 Å². The first-order chi connectivity index (χ1) is 13.3. The Morgan fingerprint density at radius 2 is 1.78 bits per heavy atom. The van der Waals surface area contributed by atoms with Crippen LogP contribution in [-0.4, -0.2) is 47.6 Å². The van der Waals surface area contributed by atoms with Crippen molar-refractivity contribution in [2.45, 2.75) is 19.3 Å². The highest BCUT2D eigenvalue weighted by atomic mass is 15.3. The molecule has 0 bridgehead atoms. The number of nitrogens with zero attached hydrogens (tertiary/aromatic N) is 4. The first-order valence-electron chi connectivity index (χ1n) is 10.1. The molecule has 1 atom stereocenters. The molecule has 2 aliphatic heterocycles. The number of anilines is 1. The lowest BCUT2D eigenvalue weighted by Crippen LogP contribution is -2.29. The van der Waals surface area contributed by atoms with Crippen LogP contribution in [0.5, 0.6) is 0 Å². The second-order valence-electron chi connectivity index (χ2n) is 7.91. The van der Waals surface area contributed by atoms with E-state index in [1.54, 1.807) is 0 Å². The van der Waals surface area contributed by atoms with Crippen molar-refractivity contribution in [3.05, 3.63) is 54.7 Å². The van der Waals surface area contributed by atoms with Crippen LogP contribution in [0.25, 0.3) is 22.0 Å². The monoisotopic (exact) mass is 358 g/mol. The summed E-state index contributed by atoms with van der Waals surface area (Å²) in [5.41, 5.74) is 2.17. The molecule has 0 spiro atoms. The number of hydrogen-bond acceptors (Lipinski definition) is 4. The second-order valence-corrected chi connectivity index (χ2v) is 7.91. The van der Waals surface area contributed by atoms with Gasteiger partial charge in [-0.15, -0.1) is 0 Å². The zero-order chi connectivity index (χ0) is 18.1. The van der Waals surface area contributed by atoms with Crippen LogP contribution in [-0.2, 0) is 0 Å². The van der Waals surface area contributed by atoms with Crippen molar-refractivity contribution in [2.24, 2.45) is 5.92 Å². The van der Waals surface area contributed by atoms with Crippen LogP contribution in [0.4, 0.5) is 5.95 Å². The average Bonchev–Trinajstić information content (AvgIpc) is 3.40. The summed E-state index contributed by atoms with van der Waals surface area (Å²) in [4.78, 5) is 14.5. The van der Waals surface area contributed by atoms with Gasteiger partial charge in [0.15, 0.2) is 0 Å². The van der Waals surface area contributed by atoms with Gasteiger partial charge in [0.05, 0.1) is 5.69 Å². The minimum absolute atomic E-state index is 0.746. The standard InChI is InChI=1S/C23H26N4/c1-2-6-20-15-21(8-7-19(20)5-1)22-9-11-24-23(25-22)27-14-10-18(17-27)16-26-12-3-4-13-26/h1-2,5-9,11,15,18H,3-4,10,12-14,16-17H2/t18-/m1/s1. The fourth-order valence-corrected chi connectivity index (χ4v) is 4.50. The van der Waals surface area contributed by atoms with Crippen molar-refractivity contribution in [3.63, 3.8) is 0 Å². The zero-order valence-corrected chi connectivity index (χ0v) is 15.7. The normalized spacial score (nSPS) is 20.6. The SMILES string of the molecule is c1ccc2cc(-c3ccnc(N4CC[C@H](CN5CCCC5)C4)n3)ccc2c1. The molecule has 27 heavy (non-hydrogen) atoms. The minimum Gasteiger partial charge on any atom is -0.340 e. The Labute approximate surface area is 160 Å². The van der Waals surface area contributed by atoms with Gasteiger partial charge < -0.3 is 9.80 Å². The lowest BCUT2D eigenvalue weighted by atomic mass is 10.1. The summed E-state index contributed by atoms with van der Waals surface area (Å²) in [6.07, 6.45) is 5.89. The van der Waals surface area contributed by atoms with Crippen molar-refractivity contribution < 1.29 is 0 Å². The Hall–Kier alpha value is -2.46. The molecule has 0 radical (unpaired) electrons. The highest BCUT2D eigenvalue weighted by Crippen LogP contribution is 2.27. The molecule has 0 unspecified atom stereocenters. The first-order valence-corrected chi connectivity index (χ1v) is 10.1. The molecule has 0 amide bonds. The topological polar surface area (TPSA) is 32.3 Å². The number of aromatic nitrogens is 2. The van der Waals surface area contributed by atoms with Crippen LogP contribution in [0, 0.1) is 5.92 Å². The third-order valence-corrected chi connectivity index (χ3v) is 5.97. The molecule has 0 N–H and O–H groups in total. The maximum absolute atomic E-state index is 4.90. The van der Waals surface area contributed by atoms with Gasteiger partial charge in [0.25, 0.3) is 0 Å². The largest absolute Gasteiger partial charge is 0.340 e. The number of likely N-dealkylation sites (tertiary alicyclic amines) is 1. The summed E-state index contributed by atoms with van der Waals surface area (Å²) in [6.45, 7) is 5.95. The van der Waals surface area contributed by atoms with E-state index >= 15 is 0 Å². The molecule has 2 aliphatic rings. The Kier molecular flexibility index (Phi) is 4.50. The molecule has 0 saturated carbocycles. The van der Waals surface area contributed by atoms with Gasteiger partial charge in [-0.05, 0) is 61.2 Å². The van der Waals surface area contributed by atoms with Gasteiger partial charge in [-0.3, -0.25) is 0 Å². The molecular weight excluding hydrogens is 332 g/mol. The number of rotatable bonds is 4. The van der Waals surface area contributed by atoms with E-state index in [-0.39, 0.29) is 0 Å². The summed E-state index contributed by atoms with van der Waals surface area (Å²) in [7, 11) is 0. The summed E-state index contributed by atoms with van der Waals surface area (Å²) >= 11 is 0. The quantitative estimate of drug-likeness (QED) is 0.699. The predicted octanol–water partition coefficient (Wildman–Crippen LogP) is 4.22. The molecule has 0 aliphatic carbocycles. The van der Waals surface area contributed by atoms with Crippen LogP contribution < -0.4 is 4.90 Å². The molecule has 2 aromatic carbocycles. The molecule has 4 nitrogen and oxygen atoms in total. The highest BCUT2D eigenvalue weighted by Gasteiger charge is 2.27. The molecular formula is C23H26N4. The fourth-order valence-electron chi connectivity index (χ4n) is 4.50. The Bertz CT molecular complexity index is 932. The molecule has 2 fully saturated rings. The average molecular weight is 358 g/mol. The Balaban J connectivity index is 1.34. The lowest BCUT2D eigenvalue weighted by molar-refractivity contribution is 0.289. The number of benzene rings is 2. The minimum atomic E-state index is 0.746. The molecule has 3 heterocycles. The van der Waals surface area contributed by atoms with Crippen LogP contribution in [0.2, 0.25) is 0 Å². The van der Waals surface area contributed by atoms with Gasteiger partial charge in [0.1, 0.15) is 0 Å². The lowest BCUT2D eigenvalue weighted by Gasteiger charge is -2.20. The van der Waals surface area contributed by atoms with E-state index in [0.29, 0.717) is 0 Å². The summed E-state index contributed by atoms with van der Waals surface area (Å²) in [5.74, 6) is 1.63. The van der Waals surface area contributed by atoms with E-state index in [4.69, 9.17) is 4.98 Å². The van der Waals surface area contributed by atoms with E-state index in [9.17, 15) is 0 Å². The first kappa shape index (κ1) is 16.7. The maximum Gasteiger partial charge on any atom is 0.225 e. The smallest absolute Gasteiger partial charge is 0.225 e. The van der Waals surface area contributed by atoms with Crippen molar-refractivity contribution in [1.29, 1.82) is 0 Å².